The molecule has 2 nitrogen and oxygen atoms in total. The number of carbonyl (C=O) groups excluding carboxylic acids is 1. The highest BCUT2D eigenvalue weighted by Gasteiger charge is 2.26. The molecule has 0 saturated carbocycles. The zero-order chi connectivity index (χ0) is 11.7. The SMILES string of the molecule is O=C(c1ccc(Cl)cc1F)N1CCC(Br)C1. The van der Waals surface area contributed by atoms with Crippen molar-refractivity contribution in [1.82, 2.24) is 4.90 Å². The third kappa shape index (κ3) is 2.38. The molecule has 1 aromatic carbocycles. The van der Waals surface area contributed by atoms with Gasteiger partial charge in [-0.05, 0) is 24.6 Å². The van der Waals surface area contributed by atoms with Crippen LogP contribution in [0, 0.1) is 5.82 Å². The third-order valence-corrected chi connectivity index (χ3v) is 3.56. The van der Waals surface area contributed by atoms with Gasteiger partial charge < -0.3 is 4.90 Å². The zero-order valence-corrected chi connectivity index (χ0v) is 10.8. The van der Waals surface area contributed by atoms with Crippen molar-refractivity contribution in [3.8, 4) is 0 Å². The molecule has 1 fully saturated rings. The molecule has 1 saturated heterocycles. The normalized spacial score (nSPS) is 20.2. The first kappa shape index (κ1) is 11.9. The van der Waals surface area contributed by atoms with Crippen molar-refractivity contribution in [2.45, 2.75) is 11.2 Å². The first-order valence-corrected chi connectivity index (χ1v) is 6.25. The number of likely N-dealkylation sites (tertiary alicyclic amines) is 1. The summed E-state index contributed by atoms with van der Waals surface area (Å²) >= 11 is 9.07. The average Bonchev–Trinajstić information content (AvgIpc) is 2.64. The van der Waals surface area contributed by atoms with Crippen molar-refractivity contribution in [3.05, 3.63) is 34.6 Å². The molecule has 0 bridgehead atoms. The fourth-order valence-corrected chi connectivity index (χ4v) is 2.45. The van der Waals surface area contributed by atoms with E-state index in [0.717, 1.165) is 12.5 Å². The van der Waals surface area contributed by atoms with Crippen LogP contribution < -0.4 is 0 Å². The second kappa shape index (κ2) is 4.72. The summed E-state index contributed by atoms with van der Waals surface area (Å²) in [6, 6.07) is 4.12. The predicted octanol–water partition coefficient (Wildman–Crippen LogP) is 3.09. The Bertz CT molecular complexity index is 426. The van der Waals surface area contributed by atoms with E-state index in [1.165, 1.54) is 12.1 Å². The summed E-state index contributed by atoms with van der Waals surface area (Å²) in [5.74, 6) is -0.827. The molecule has 5 heteroatoms. The van der Waals surface area contributed by atoms with Gasteiger partial charge in [0.15, 0.2) is 0 Å². The minimum atomic E-state index is -0.560. The lowest BCUT2D eigenvalue weighted by Crippen LogP contribution is -2.29. The summed E-state index contributed by atoms with van der Waals surface area (Å²) in [6.45, 7) is 1.29. The van der Waals surface area contributed by atoms with Crippen LogP contribution in [0.3, 0.4) is 0 Å². The van der Waals surface area contributed by atoms with Gasteiger partial charge in [-0.3, -0.25) is 4.79 Å². The van der Waals surface area contributed by atoms with E-state index >= 15 is 0 Å². The van der Waals surface area contributed by atoms with Crippen LogP contribution in [0.25, 0.3) is 0 Å². The summed E-state index contributed by atoms with van der Waals surface area (Å²) in [5.41, 5.74) is 0.0889. The van der Waals surface area contributed by atoms with Crippen LogP contribution in [-0.2, 0) is 0 Å². The van der Waals surface area contributed by atoms with E-state index in [1.54, 1.807) is 4.90 Å². The van der Waals surface area contributed by atoms with E-state index in [0.29, 0.717) is 22.9 Å². The number of nitrogens with zero attached hydrogens (tertiary/aromatic N) is 1. The molecule has 1 heterocycles. The van der Waals surface area contributed by atoms with E-state index in [1.807, 2.05) is 0 Å². The van der Waals surface area contributed by atoms with Gasteiger partial charge in [-0.1, -0.05) is 27.5 Å². The first-order chi connectivity index (χ1) is 7.58. The van der Waals surface area contributed by atoms with Crippen molar-refractivity contribution in [1.29, 1.82) is 0 Å². The monoisotopic (exact) mass is 305 g/mol. The number of hydrogen-bond acceptors (Lipinski definition) is 1. The van der Waals surface area contributed by atoms with E-state index in [-0.39, 0.29) is 11.5 Å². The van der Waals surface area contributed by atoms with Gasteiger partial charge in [-0.15, -0.1) is 0 Å². The van der Waals surface area contributed by atoms with E-state index in [2.05, 4.69) is 15.9 Å². The lowest BCUT2D eigenvalue weighted by Gasteiger charge is -2.15. The Kier molecular flexibility index (Phi) is 3.50. The van der Waals surface area contributed by atoms with Crippen LogP contribution in [0.5, 0.6) is 0 Å². The minimum Gasteiger partial charge on any atom is -0.337 e. The number of amides is 1. The van der Waals surface area contributed by atoms with Crippen molar-refractivity contribution in [2.75, 3.05) is 13.1 Å². The smallest absolute Gasteiger partial charge is 0.256 e. The van der Waals surface area contributed by atoms with Crippen molar-refractivity contribution >= 4 is 33.4 Å². The quantitative estimate of drug-likeness (QED) is 0.730. The second-order valence-electron chi connectivity index (χ2n) is 3.76. The van der Waals surface area contributed by atoms with Crippen LogP contribution in [0.15, 0.2) is 18.2 Å². The Morgan fingerprint density at radius 1 is 1.56 bits per heavy atom. The third-order valence-electron chi connectivity index (χ3n) is 2.58. The van der Waals surface area contributed by atoms with Gasteiger partial charge in [0.25, 0.3) is 5.91 Å². The fourth-order valence-electron chi connectivity index (χ4n) is 1.74. The average molecular weight is 307 g/mol. The molecule has 2 rings (SSSR count). The molecule has 0 spiro atoms. The number of hydrogen-bond donors (Lipinski definition) is 0. The van der Waals surface area contributed by atoms with E-state index in [4.69, 9.17) is 11.6 Å². The molecule has 1 atom stereocenters. The van der Waals surface area contributed by atoms with E-state index < -0.39 is 5.82 Å². The molecule has 0 N–H and O–H groups in total. The summed E-state index contributed by atoms with van der Waals surface area (Å²) in [7, 11) is 0. The van der Waals surface area contributed by atoms with Gasteiger partial charge in [0, 0.05) is 22.9 Å². The standard InChI is InChI=1S/C11H10BrClFNO/c12-7-3-4-15(6-7)11(16)9-2-1-8(13)5-10(9)14/h1-2,5,7H,3-4,6H2. The number of alkyl halides is 1. The molecular formula is C11H10BrClFNO. The van der Waals surface area contributed by atoms with Gasteiger partial charge in [0.05, 0.1) is 5.56 Å². The number of carbonyl (C=O) groups is 1. The Balaban J connectivity index is 2.21. The van der Waals surface area contributed by atoms with Crippen LogP contribution in [0.4, 0.5) is 4.39 Å². The van der Waals surface area contributed by atoms with Crippen molar-refractivity contribution in [3.63, 3.8) is 0 Å². The molecule has 0 aromatic heterocycles. The molecule has 86 valence electrons. The first-order valence-electron chi connectivity index (χ1n) is 4.96. The molecule has 1 aliphatic rings. The highest BCUT2D eigenvalue weighted by Crippen LogP contribution is 2.21. The number of halogens is 3. The lowest BCUT2D eigenvalue weighted by molar-refractivity contribution is 0.0789. The van der Waals surface area contributed by atoms with Crippen LogP contribution in [-0.4, -0.2) is 28.7 Å². The topological polar surface area (TPSA) is 20.3 Å². The lowest BCUT2D eigenvalue weighted by atomic mass is 10.2. The Morgan fingerprint density at radius 2 is 2.31 bits per heavy atom. The largest absolute Gasteiger partial charge is 0.337 e. The highest BCUT2D eigenvalue weighted by atomic mass is 79.9. The van der Waals surface area contributed by atoms with Crippen LogP contribution in [0.1, 0.15) is 16.8 Å². The van der Waals surface area contributed by atoms with Gasteiger partial charge in [0.2, 0.25) is 0 Å². The Morgan fingerprint density at radius 3 is 2.88 bits per heavy atom. The maximum atomic E-state index is 13.5. The number of benzene rings is 1. The molecule has 1 unspecified atom stereocenters. The van der Waals surface area contributed by atoms with Gasteiger partial charge in [-0.25, -0.2) is 4.39 Å². The zero-order valence-electron chi connectivity index (χ0n) is 8.42. The van der Waals surface area contributed by atoms with Gasteiger partial charge in [0.1, 0.15) is 5.82 Å². The maximum Gasteiger partial charge on any atom is 0.256 e. The fraction of sp³-hybridized carbons (Fsp3) is 0.364. The molecule has 1 amide bonds. The summed E-state index contributed by atoms with van der Waals surface area (Å²) < 4.78 is 13.5. The van der Waals surface area contributed by atoms with Gasteiger partial charge in [-0.2, -0.15) is 0 Å². The molecular weight excluding hydrogens is 296 g/mol. The molecule has 0 radical (unpaired) electrons. The number of rotatable bonds is 1. The molecule has 1 aliphatic heterocycles. The van der Waals surface area contributed by atoms with Crippen LogP contribution >= 0.6 is 27.5 Å². The summed E-state index contributed by atoms with van der Waals surface area (Å²) in [5, 5.41) is 0.300. The Labute approximate surface area is 107 Å². The molecule has 0 aliphatic carbocycles. The summed E-state index contributed by atoms with van der Waals surface area (Å²) in [6.07, 6.45) is 0.904. The van der Waals surface area contributed by atoms with Crippen molar-refractivity contribution < 1.29 is 9.18 Å². The predicted molar refractivity (Wildman–Crippen MR) is 64.6 cm³/mol. The van der Waals surface area contributed by atoms with Crippen molar-refractivity contribution in [2.24, 2.45) is 0 Å². The van der Waals surface area contributed by atoms with E-state index in [9.17, 15) is 9.18 Å². The molecule has 16 heavy (non-hydrogen) atoms. The minimum absolute atomic E-state index is 0.0889. The molecule has 1 aromatic rings. The van der Waals surface area contributed by atoms with Gasteiger partial charge >= 0.3 is 0 Å². The highest BCUT2D eigenvalue weighted by molar-refractivity contribution is 9.09. The Hall–Kier alpha value is -0.610. The summed E-state index contributed by atoms with van der Waals surface area (Å²) in [4.78, 5) is 13.9. The second-order valence-corrected chi connectivity index (χ2v) is 5.49. The maximum absolute atomic E-state index is 13.5. The van der Waals surface area contributed by atoms with Crippen LogP contribution in [0.2, 0.25) is 5.02 Å².